The van der Waals surface area contributed by atoms with Crippen LogP contribution in [-0.2, 0) is 16.1 Å². The highest BCUT2D eigenvalue weighted by Crippen LogP contribution is 2.23. The van der Waals surface area contributed by atoms with Gasteiger partial charge in [0.2, 0.25) is 5.91 Å². The van der Waals surface area contributed by atoms with Crippen LogP contribution in [0.1, 0.15) is 30.7 Å². The Labute approximate surface area is 194 Å². The van der Waals surface area contributed by atoms with Crippen LogP contribution >= 0.6 is 0 Å². The molecule has 0 bridgehead atoms. The molecule has 0 unspecified atom stereocenters. The lowest BCUT2D eigenvalue weighted by Crippen LogP contribution is -2.38. The van der Waals surface area contributed by atoms with Crippen molar-refractivity contribution in [3.8, 4) is 5.69 Å². The minimum Gasteiger partial charge on any atom is -0.379 e. The number of morpholine rings is 1. The van der Waals surface area contributed by atoms with Gasteiger partial charge in [0.15, 0.2) is 0 Å². The van der Waals surface area contributed by atoms with E-state index < -0.39 is 0 Å². The number of benzene rings is 1. The number of nitrogens with zero attached hydrogens (tertiary/aromatic N) is 4. The molecule has 1 aromatic carbocycles. The molecule has 1 amide bonds. The van der Waals surface area contributed by atoms with Crippen molar-refractivity contribution in [3.63, 3.8) is 0 Å². The van der Waals surface area contributed by atoms with Gasteiger partial charge in [0.05, 0.1) is 30.5 Å². The lowest BCUT2D eigenvalue weighted by molar-refractivity contribution is -0.121. The van der Waals surface area contributed by atoms with Gasteiger partial charge in [-0.25, -0.2) is 0 Å². The van der Waals surface area contributed by atoms with Crippen molar-refractivity contribution in [3.05, 3.63) is 58.3 Å². The maximum atomic E-state index is 13.2. The normalized spacial score (nSPS) is 14.6. The quantitative estimate of drug-likeness (QED) is 0.506. The lowest BCUT2D eigenvalue weighted by Gasteiger charge is -2.26. The summed E-state index contributed by atoms with van der Waals surface area (Å²) in [6, 6.07) is 9.45. The van der Waals surface area contributed by atoms with Gasteiger partial charge < -0.3 is 14.6 Å². The van der Waals surface area contributed by atoms with Crippen LogP contribution in [0.5, 0.6) is 0 Å². The zero-order chi connectivity index (χ0) is 23.2. The fraction of sp³-hybridized carbons (Fsp3) is 0.480. The summed E-state index contributed by atoms with van der Waals surface area (Å²) in [5.41, 5.74) is 2.57. The molecule has 0 saturated carbocycles. The lowest BCUT2D eigenvalue weighted by atomic mass is 10.2. The molecule has 33 heavy (non-hydrogen) atoms. The van der Waals surface area contributed by atoms with E-state index in [4.69, 9.17) is 4.74 Å². The van der Waals surface area contributed by atoms with E-state index in [2.05, 4.69) is 19.9 Å². The van der Waals surface area contributed by atoms with E-state index in [-0.39, 0.29) is 11.5 Å². The number of rotatable bonds is 9. The van der Waals surface area contributed by atoms with Gasteiger partial charge in [0.25, 0.3) is 5.56 Å². The SMILES string of the molecule is Cc1c2cnn(-c3ccccc3)c(=O)c2c(C)n1CCCC(=O)NCCCN1CCOCC1. The van der Waals surface area contributed by atoms with E-state index >= 15 is 0 Å². The molecular weight excluding hydrogens is 418 g/mol. The molecule has 8 heteroatoms. The summed E-state index contributed by atoms with van der Waals surface area (Å²) in [6.07, 6.45) is 3.91. The van der Waals surface area contributed by atoms with E-state index in [9.17, 15) is 9.59 Å². The van der Waals surface area contributed by atoms with E-state index in [0.29, 0.717) is 24.9 Å². The van der Waals surface area contributed by atoms with Crippen molar-refractivity contribution in [1.82, 2.24) is 24.6 Å². The molecule has 3 heterocycles. The number of carbonyl (C=O) groups excluding carboxylic acids is 1. The average Bonchev–Trinajstić information content (AvgIpc) is 3.08. The Kier molecular flexibility index (Phi) is 7.57. The van der Waals surface area contributed by atoms with Gasteiger partial charge in [-0.1, -0.05) is 18.2 Å². The molecule has 176 valence electrons. The van der Waals surface area contributed by atoms with Crippen molar-refractivity contribution in [2.75, 3.05) is 39.4 Å². The van der Waals surface area contributed by atoms with E-state index in [1.807, 2.05) is 44.2 Å². The third-order valence-corrected chi connectivity index (χ3v) is 6.40. The summed E-state index contributed by atoms with van der Waals surface area (Å²) < 4.78 is 8.94. The Hall–Kier alpha value is -2.97. The molecule has 0 atom stereocenters. The first-order valence-corrected chi connectivity index (χ1v) is 11.8. The molecule has 3 aromatic rings. The van der Waals surface area contributed by atoms with Crippen molar-refractivity contribution in [2.45, 2.75) is 39.7 Å². The predicted molar refractivity (Wildman–Crippen MR) is 129 cm³/mol. The highest BCUT2D eigenvalue weighted by molar-refractivity contribution is 5.87. The summed E-state index contributed by atoms with van der Waals surface area (Å²) in [5.74, 6) is 0.0806. The molecule has 2 aromatic heterocycles. The number of aromatic nitrogens is 3. The monoisotopic (exact) mass is 451 g/mol. The number of nitrogens with one attached hydrogen (secondary N) is 1. The fourth-order valence-electron chi connectivity index (χ4n) is 4.54. The standard InChI is InChI=1S/C25H33N5O3/c1-19-22-18-27-30(21-8-4-3-5-9-21)25(32)24(22)20(2)29(19)13-6-10-23(31)26-11-7-12-28-14-16-33-17-15-28/h3-5,8-9,18H,6-7,10-17H2,1-2H3,(H,26,31). The molecule has 1 aliphatic heterocycles. The number of ether oxygens (including phenoxy) is 1. The van der Waals surface area contributed by atoms with Gasteiger partial charge in [-0.3, -0.25) is 14.5 Å². The molecule has 8 nitrogen and oxygen atoms in total. The van der Waals surface area contributed by atoms with Crippen LogP contribution in [0.2, 0.25) is 0 Å². The summed E-state index contributed by atoms with van der Waals surface area (Å²) in [4.78, 5) is 27.8. The number of amides is 1. The second-order valence-corrected chi connectivity index (χ2v) is 8.57. The Bertz CT molecular complexity index is 1150. The minimum atomic E-state index is -0.115. The molecule has 4 rings (SSSR count). The van der Waals surface area contributed by atoms with Gasteiger partial charge in [0.1, 0.15) is 0 Å². The third-order valence-electron chi connectivity index (χ3n) is 6.40. The molecular formula is C25H33N5O3. The van der Waals surface area contributed by atoms with E-state index in [1.54, 1.807) is 6.20 Å². The number of aryl methyl sites for hydroxylation is 2. The Balaban J connectivity index is 1.33. The van der Waals surface area contributed by atoms with Crippen LogP contribution in [0.4, 0.5) is 0 Å². The largest absolute Gasteiger partial charge is 0.379 e. The minimum absolute atomic E-state index is 0.0806. The third kappa shape index (κ3) is 5.34. The van der Waals surface area contributed by atoms with E-state index in [1.165, 1.54) is 4.68 Å². The highest BCUT2D eigenvalue weighted by Gasteiger charge is 2.17. The summed E-state index contributed by atoms with van der Waals surface area (Å²) >= 11 is 0. The van der Waals surface area contributed by atoms with Gasteiger partial charge >= 0.3 is 0 Å². The number of fused-ring (bicyclic) bond motifs is 1. The fourth-order valence-corrected chi connectivity index (χ4v) is 4.54. The van der Waals surface area contributed by atoms with Crippen molar-refractivity contribution in [2.24, 2.45) is 0 Å². The number of carbonyl (C=O) groups is 1. The maximum absolute atomic E-state index is 13.2. The molecule has 1 N–H and O–H groups in total. The number of para-hydroxylation sites is 1. The zero-order valence-corrected chi connectivity index (χ0v) is 19.5. The second-order valence-electron chi connectivity index (χ2n) is 8.57. The topological polar surface area (TPSA) is 81.4 Å². The second kappa shape index (κ2) is 10.8. The van der Waals surface area contributed by atoms with Crippen molar-refractivity contribution in [1.29, 1.82) is 0 Å². The Morgan fingerprint density at radius 3 is 2.58 bits per heavy atom. The molecule has 0 radical (unpaired) electrons. The maximum Gasteiger partial charge on any atom is 0.281 e. The van der Waals surface area contributed by atoms with Crippen molar-refractivity contribution < 1.29 is 9.53 Å². The highest BCUT2D eigenvalue weighted by atomic mass is 16.5. The smallest absolute Gasteiger partial charge is 0.281 e. The molecule has 0 spiro atoms. The summed E-state index contributed by atoms with van der Waals surface area (Å²) in [5, 5.41) is 8.99. The first-order valence-electron chi connectivity index (χ1n) is 11.8. The van der Waals surface area contributed by atoms with Gasteiger partial charge in [-0.2, -0.15) is 9.78 Å². The van der Waals surface area contributed by atoms with Crippen LogP contribution in [-0.4, -0.2) is 64.5 Å². The van der Waals surface area contributed by atoms with Crippen LogP contribution < -0.4 is 10.9 Å². The number of hydrogen-bond donors (Lipinski definition) is 1. The molecule has 1 saturated heterocycles. The van der Waals surface area contributed by atoms with Crippen LogP contribution in [0.15, 0.2) is 41.3 Å². The average molecular weight is 452 g/mol. The van der Waals surface area contributed by atoms with Crippen LogP contribution in [0.3, 0.4) is 0 Å². The number of hydrogen-bond acceptors (Lipinski definition) is 5. The van der Waals surface area contributed by atoms with E-state index in [0.717, 1.165) is 68.2 Å². The van der Waals surface area contributed by atoms with Crippen LogP contribution in [0.25, 0.3) is 16.5 Å². The van der Waals surface area contributed by atoms with Crippen LogP contribution in [0, 0.1) is 13.8 Å². The van der Waals surface area contributed by atoms with Gasteiger partial charge in [-0.05, 0) is 45.4 Å². The van der Waals surface area contributed by atoms with Gasteiger partial charge in [0, 0.05) is 49.4 Å². The first kappa shape index (κ1) is 23.2. The summed E-state index contributed by atoms with van der Waals surface area (Å²) in [7, 11) is 0. The van der Waals surface area contributed by atoms with Crippen molar-refractivity contribution >= 4 is 16.7 Å². The molecule has 0 aliphatic carbocycles. The first-order chi connectivity index (χ1) is 16.1. The Morgan fingerprint density at radius 2 is 1.82 bits per heavy atom. The summed E-state index contributed by atoms with van der Waals surface area (Å²) in [6.45, 7) is 9.92. The molecule has 1 fully saturated rings. The molecule has 1 aliphatic rings. The predicted octanol–water partition coefficient (Wildman–Crippen LogP) is 2.42. The Morgan fingerprint density at radius 1 is 1.06 bits per heavy atom. The van der Waals surface area contributed by atoms with Gasteiger partial charge in [-0.15, -0.1) is 0 Å². The zero-order valence-electron chi connectivity index (χ0n) is 19.5.